The Morgan fingerprint density at radius 1 is 1.59 bits per heavy atom. The number of hydrogen-bond acceptors (Lipinski definition) is 4. The first-order valence-electron chi connectivity index (χ1n) is 5.46. The standard InChI is InChI=1S/C11H13IN2O3/c12-10-6-8(3-4-11(10)14(15)16)13-7-9-2-1-5-17-9/h3-4,6,9,13H,1-2,5,7H2. The maximum absolute atomic E-state index is 10.7. The Balaban J connectivity index is 1.97. The fourth-order valence-electron chi connectivity index (χ4n) is 1.80. The molecule has 1 fully saturated rings. The molecule has 5 nitrogen and oxygen atoms in total. The van der Waals surface area contributed by atoms with E-state index >= 15 is 0 Å². The van der Waals surface area contributed by atoms with Gasteiger partial charge in [0.15, 0.2) is 0 Å². The van der Waals surface area contributed by atoms with Gasteiger partial charge >= 0.3 is 0 Å². The highest BCUT2D eigenvalue weighted by Gasteiger charge is 2.16. The molecular formula is C11H13IN2O3. The van der Waals surface area contributed by atoms with Gasteiger partial charge in [0.1, 0.15) is 0 Å². The number of benzene rings is 1. The van der Waals surface area contributed by atoms with Crippen LogP contribution in [0.15, 0.2) is 18.2 Å². The molecule has 92 valence electrons. The lowest BCUT2D eigenvalue weighted by atomic mass is 10.2. The summed E-state index contributed by atoms with van der Waals surface area (Å²) in [6.07, 6.45) is 2.46. The zero-order valence-corrected chi connectivity index (χ0v) is 11.3. The van der Waals surface area contributed by atoms with Crippen LogP contribution in [0.3, 0.4) is 0 Å². The van der Waals surface area contributed by atoms with Crippen LogP contribution < -0.4 is 5.32 Å². The molecule has 0 aliphatic carbocycles. The number of ether oxygens (including phenoxy) is 1. The fraction of sp³-hybridized carbons (Fsp3) is 0.455. The Morgan fingerprint density at radius 3 is 3.00 bits per heavy atom. The Kier molecular flexibility index (Phi) is 4.16. The molecule has 0 saturated carbocycles. The second-order valence-corrected chi connectivity index (χ2v) is 5.10. The van der Waals surface area contributed by atoms with Gasteiger partial charge in [-0.15, -0.1) is 0 Å². The molecule has 0 amide bonds. The van der Waals surface area contributed by atoms with Crippen molar-refractivity contribution in [3.05, 3.63) is 31.9 Å². The van der Waals surface area contributed by atoms with Crippen molar-refractivity contribution < 1.29 is 9.66 Å². The average Bonchev–Trinajstić information content (AvgIpc) is 2.78. The van der Waals surface area contributed by atoms with Crippen LogP contribution in [0.25, 0.3) is 0 Å². The normalized spacial score (nSPS) is 19.2. The predicted molar refractivity (Wildman–Crippen MR) is 73.3 cm³/mol. The van der Waals surface area contributed by atoms with Gasteiger partial charge in [-0.25, -0.2) is 0 Å². The van der Waals surface area contributed by atoms with Gasteiger partial charge in [-0.1, -0.05) is 0 Å². The largest absolute Gasteiger partial charge is 0.382 e. The summed E-state index contributed by atoms with van der Waals surface area (Å²) in [6, 6.07) is 5.04. The lowest BCUT2D eigenvalue weighted by Crippen LogP contribution is -2.18. The van der Waals surface area contributed by atoms with Gasteiger partial charge in [0.05, 0.1) is 14.6 Å². The van der Waals surface area contributed by atoms with Crippen LogP contribution in [-0.4, -0.2) is 24.2 Å². The lowest BCUT2D eigenvalue weighted by molar-refractivity contribution is -0.385. The van der Waals surface area contributed by atoms with Crippen LogP contribution in [0.5, 0.6) is 0 Å². The highest BCUT2D eigenvalue weighted by molar-refractivity contribution is 14.1. The number of nitro groups is 1. The van der Waals surface area contributed by atoms with Crippen LogP contribution >= 0.6 is 22.6 Å². The Bertz CT molecular complexity index is 419. The molecule has 1 saturated heterocycles. The van der Waals surface area contributed by atoms with Gasteiger partial charge in [-0.05, 0) is 47.6 Å². The van der Waals surface area contributed by atoms with E-state index in [4.69, 9.17) is 4.74 Å². The molecule has 0 radical (unpaired) electrons. The van der Waals surface area contributed by atoms with Crippen LogP contribution in [0.2, 0.25) is 0 Å². The first kappa shape index (κ1) is 12.6. The zero-order chi connectivity index (χ0) is 12.3. The van der Waals surface area contributed by atoms with E-state index in [1.165, 1.54) is 6.07 Å². The molecule has 1 aromatic rings. The smallest absolute Gasteiger partial charge is 0.282 e. The molecule has 1 aliphatic heterocycles. The molecule has 0 aromatic heterocycles. The molecule has 6 heteroatoms. The summed E-state index contributed by atoms with van der Waals surface area (Å²) in [5.74, 6) is 0. The van der Waals surface area contributed by atoms with Gasteiger partial charge in [-0.2, -0.15) is 0 Å². The van der Waals surface area contributed by atoms with Crippen molar-refractivity contribution in [2.45, 2.75) is 18.9 Å². The number of nitrogens with zero attached hydrogens (tertiary/aromatic N) is 1. The second-order valence-electron chi connectivity index (χ2n) is 3.94. The van der Waals surface area contributed by atoms with Crippen molar-refractivity contribution in [3.8, 4) is 0 Å². The van der Waals surface area contributed by atoms with Gasteiger partial charge in [-0.3, -0.25) is 10.1 Å². The summed E-state index contributed by atoms with van der Waals surface area (Å²) in [4.78, 5) is 10.3. The van der Waals surface area contributed by atoms with Gasteiger partial charge in [0.25, 0.3) is 5.69 Å². The number of nitrogens with one attached hydrogen (secondary N) is 1. The molecular weight excluding hydrogens is 335 g/mol. The summed E-state index contributed by atoms with van der Waals surface area (Å²) in [6.45, 7) is 1.60. The highest BCUT2D eigenvalue weighted by Crippen LogP contribution is 2.24. The molecule has 1 unspecified atom stereocenters. The number of hydrogen-bond donors (Lipinski definition) is 1. The fourth-order valence-corrected chi connectivity index (χ4v) is 2.51. The monoisotopic (exact) mass is 348 g/mol. The van der Waals surface area contributed by atoms with Crippen LogP contribution in [0, 0.1) is 13.7 Å². The van der Waals surface area contributed by atoms with Crippen LogP contribution in [-0.2, 0) is 4.74 Å². The van der Waals surface area contributed by atoms with E-state index < -0.39 is 0 Å². The van der Waals surface area contributed by atoms with Gasteiger partial charge in [0, 0.05) is 24.9 Å². The number of nitro benzene ring substituents is 1. The summed E-state index contributed by atoms with van der Waals surface area (Å²) >= 11 is 1.98. The molecule has 0 spiro atoms. The minimum Gasteiger partial charge on any atom is -0.382 e. The molecule has 1 aliphatic rings. The SMILES string of the molecule is O=[N+]([O-])c1ccc(NCC2CCCO2)cc1I. The summed E-state index contributed by atoms with van der Waals surface area (Å²) in [5, 5.41) is 13.9. The van der Waals surface area contributed by atoms with Gasteiger partial charge < -0.3 is 10.1 Å². The third-order valence-corrected chi connectivity index (χ3v) is 3.57. The van der Waals surface area contributed by atoms with Crippen molar-refractivity contribution in [1.82, 2.24) is 0 Å². The second kappa shape index (κ2) is 5.63. The van der Waals surface area contributed by atoms with E-state index in [1.807, 2.05) is 22.6 Å². The zero-order valence-electron chi connectivity index (χ0n) is 9.19. The third kappa shape index (κ3) is 3.29. The van der Waals surface area contributed by atoms with E-state index in [0.717, 1.165) is 31.7 Å². The van der Waals surface area contributed by atoms with Crippen LogP contribution in [0.1, 0.15) is 12.8 Å². The van der Waals surface area contributed by atoms with Crippen LogP contribution in [0.4, 0.5) is 11.4 Å². The Labute approximate surface area is 113 Å². The van der Waals surface area contributed by atoms with E-state index in [-0.39, 0.29) is 16.7 Å². The predicted octanol–water partition coefficient (Wildman–Crippen LogP) is 2.79. The minimum absolute atomic E-state index is 0.147. The van der Waals surface area contributed by atoms with Crippen molar-refractivity contribution >= 4 is 34.0 Å². The lowest BCUT2D eigenvalue weighted by Gasteiger charge is -2.12. The number of rotatable bonds is 4. The van der Waals surface area contributed by atoms with Crippen molar-refractivity contribution in [1.29, 1.82) is 0 Å². The summed E-state index contributed by atoms with van der Waals surface area (Å²) in [7, 11) is 0. The molecule has 1 aromatic carbocycles. The first-order chi connectivity index (χ1) is 8.16. The maximum atomic E-state index is 10.7. The molecule has 2 rings (SSSR count). The molecule has 1 heterocycles. The van der Waals surface area contributed by atoms with Crippen molar-refractivity contribution in [2.75, 3.05) is 18.5 Å². The van der Waals surface area contributed by atoms with E-state index in [0.29, 0.717) is 3.57 Å². The first-order valence-corrected chi connectivity index (χ1v) is 6.54. The summed E-state index contributed by atoms with van der Waals surface area (Å²) < 4.78 is 6.14. The van der Waals surface area contributed by atoms with Crippen molar-refractivity contribution in [2.24, 2.45) is 0 Å². The maximum Gasteiger partial charge on any atom is 0.282 e. The Morgan fingerprint density at radius 2 is 2.41 bits per heavy atom. The van der Waals surface area contributed by atoms with Gasteiger partial charge in [0.2, 0.25) is 0 Å². The average molecular weight is 348 g/mol. The number of anilines is 1. The topological polar surface area (TPSA) is 64.4 Å². The van der Waals surface area contributed by atoms with E-state index in [2.05, 4.69) is 5.32 Å². The van der Waals surface area contributed by atoms with E-state index in [9.17, 15) is 10.1 Å². The molecule has 1 N–H and O–H groups in total. The number of halogens is 1. The highest BCUT2D eigenvalue weighted by atomic mass is 127. The molecule has 17 heavy (non-hydrogen) atoms. The molecule has 1 atom stereocenters. The van der Waals surface area contributed by atoms with Crippen molar-refractivity contribution in [3.63, 3.8) is 0 Å². The Hall–Kier alpha value is -0.890. The third-order valence-electron chi connectivity index (χ3n) is 2.70. The summed E-state index contributed by atoms with van der Waals surface area (Å²) in [5.41, 5.74) is 1.05. The van der Waals surface area contributed by atoms with E-state index in [1.54, 1.807) is 12.1 Å². The minimum atomic E-state index is -0.369. The quantitative estimate of drug-likeness (QED) is 0.516. The molecule has 0 bridgehead atoms.